The molecule has 1 aromatic carbocycles. The minimum absolute atomic E-state index is 0.264. The van der Waals surface area contributed by atoms with Gasteiger partial charge in [-0.15, -0.1) is 0 Å². The summed E-state index contributed by atoms with van der Waals surface area (Å²) in [5.74, 6) is 2.98. The highest BCUT2D eigenvalue weighted by molar-refractivity contribution is 6.05. The largest absolute Gasteiger partial charge is 0.369 e. The average molecular weight is 408 g/mol. The van der Waals surface area contributed by atoms with E-state index < -0.39 is 5.66 Å². The van der Waals surface area contributed by atoms with E-state index in [1.54, 1.807) is 0 Å². The Hall–Kier alpha value is -3.36. The van der Waals surface area contributed by atoms with Crippen LogP contribution in [-0.4, -0.2) is 41.6 Å². The first-order valence-electron chi connectivity index (χ1n) is 10.3. The van der Waals surface area contributed by atoms with Gasteiger partial charge in [-0.25, -0.2) is 15.0 Å². The zero-order valence-electron chi connectivity index (χ0n) is 17.8. The molecule has 158 valence electrons. The Bertz CT molecular complexity index is 972. The van der Waals surface area contributed by atoms with Gasteiger partial charge < -0.3 is 21.7 Å². The molecule has 0 amide bonds. The van der Waals surface area contributed by atoms with Crippen molar-refractivity contribution in [2.24, 2.45) is 21.5 Å². The second kappa shape index (κ2) is 7.81. The molecule has 0 radical (unpaired) electrons. The molecule has 2 aliphatic rings. The van der Waals surface area contributed by atoms with Gasteiger partial charge in [-0.05, 0) is 56.9 Å². The summed E-state index contributed by atoms with van der Waals surface area (Å²) in [4.78, 5) is 21.9. The van der Waals surface area contributed by atoms with E-state index in [-0.39, 0.29) is 5.96 Å². The molecule has 9 nitrogen and oxygen atoms in total. The molecule has 2 aromatic rings. The highest BCUT2D eigenvalue weighted by atomic mass is 15.4. The Kier molecular flexibility index (Phi) is 5.19. The lowest BCUT2D eigenvalue weighted by Gasteiger charge is -2.45. The molecule has 0 saturated heterocycles. The van der Waals surface area contributed by atoms with Crippen LogP contribution in [0.5, 0.6) is 0 Å². The number of hydrogen-bond donors (Lipinski definition) is 3. The number of aryl methyl sites for hydroxylation is 1. The van der Waals surface area contributed by atoms with Crippen molar-refractivity contribution >= 4 is 34.9 Å². The average Bonchev–Trinajstić information content (AvgIpc) is 2.69. The molecule has 30 heavy (non-hydrogen) atoms. The van der Waals surface area contributed by atoms with Gasteiger partial charge in [0, 0.05) is 31.5 Å². The topological polar surface area (TPSA) is 121 Å². The Balaban J connectivity index is 1.59. The maximum atomic E-state index is 6.31. The molecule has 0 bridgehead atoms. The molecular weight excluding hydrogens is 378 g/mol. The molecular formula is C21H29N9. The van der Waals surface area contributed by atoms with E-state index in [0.29, 0.717) is 11.8 Å². The molecule has 2 heterocycles. The lowest BCUT2D eigenvalue weighted by molar-refractivity contribution is 0.305. The van der Waals surface area contributed by atoms with Crippen molar-refractivity contribution in [1.82, 2.24) is 9.97 Å². The van der Waals surface area contributed by atoms with Gasteiger partial charge in [0.1, 0.15) is 23.1 Å². The van der Waals surface area contributed by atoms with Crippen molar-refractivity contribution in [3.05, 3.63) is 36.2 Å². The van der Waals surface area contributed by atoms with Crippen LogP contribution < -0.4 is 26.6 Å². The number of rotatable bonds is 4. The monoisotopic (exact) mass is 407 g/mol. The number of guanidine groups is 2. The van der Waals surface area contributed by atoms with E-state index in [2.05, 4.69) is 20.3 Å². The molecule has 0 unspecified atom stereocenters. The molecule has 1 aliphatic carbocycles. The first kappa shape index (κ1) is 19.9. The molecule has 4 rings (SSSR count). The predicted octanol–water partition coefficient (Wildman–Crippen LogP) is 2.70. The van der Waals surface area contributed by atoms with Gasteiger partial charge in [0.25, 0.3) is 0 Å². The van der Waals surface area contributed by atoms with Gasteiger partial charge in [-0.1, -0.05) is 6.42 Å². The number of benzene rings is 1. The normalized spacial score (nSPS) is 18.0. The third-order valence-corrected chi connectivity index (χ3v) is 5.53. The lowest BCUT2D eigenvalue weighted by Crippen LogP contribution is -2.58. The summed E-state index contributed by atoms with van der Waals surface area (Å²) < 4.78 is 0. The van der Waals surface area contributed by atoms with Crippen molar-refractivity contribution in [2.45, 2.75) is 44.7 Å². The number of nitrogens with two attached hydrogens (primary N) is 2. The maximum absolute atomic E-state index is 6.31. The Morgan fingerprint density at radius 3 is 2.40 bits per heavy atom. The van der Waals surface area contributed by atoms with Crippen LogP contribution in [-0.2, 0) is 0 Å². The van der Waals surface area contributed by atoms with E-state index in [4.69, 9.17) is 16.5 Å². The van der Waals surface area contributed by atoms with Crippen LogP contribution in [0, 0.1) is 6.92 Å². The molecule has 0 atom stereocenters. The van der Waals surface area contributed by atoms with E-state index in [1.807, 2.05) is 61.2 Å². The van der Waals surface area contributed by atoms with Gasteiger partial charge >= 0.3 is 0 Å². The van der Waals surface area contributed by atoms with Crippen LogP contribution in [0.25, 0.3) is 0 Å². The Morgan fingerprint density at radius 2 is 1.73 bits per heavy atom. The molecule has 1 fully saturated rings. The number of nitrogens with zero attached hydrogens (tertiary/aromatic N) is 6. The molecule has 1 aromatic heterocycles. The SMILES string of the molecule is Cc1nc(Nc2ccc(N3C(N)=NC(N)=NC34CCCCC4)cc2)cc(N(C)C)n1. The summed E-state index contributed by atoms with van der Waals surface area (Å²) in [5.41, 5.74) is 13.7. The zero-order chi connectivity index (χ0) is 21.3. The molecule has 1 spiro atoms. The van der Waals surface area contributed by atoms with Gasteiger partial charge in [0.05, 0.1) is 0 Å². The van der Waals surface area contributed by atoms with Crippen molar-refractivity contribution in [3.8, 4) is 0 Å². The van der Waals surface area contributed by atoms with E-state index in [1.165, 1.54) is 6.42 Å². The zero-order valence-corrected chi connectivity index (χ0v) is 17.8. The third kappa shape index (κ3) is 3.87. The number of anilines is 4. The van der Waals surface area contributed by atoms with Crippen molar-refractivity contribution in [2.75, 3.05) is 29.2 Å². The fraction of sp³-hybridized carbons (Fsp3) is 0.429. The molecule has 1 saturated carbocycles. The summed E-state index contributed by atoms with van der Waals surface area (Å²) in [6.45, 7) is 1.88. The van der Waals surface area contributed by atoms with Crippen LogP contribution in [0.2, 0.25) is 0 Å². The Morgan fingerprint density at radius 1 is 1.03 bits per heavy atom. The predicted molar refractivity (Wildman–Crippen MR) is 122 cm³/mol. The Labute approximate surface area is 176 Å². The fourth-order valence-corrected chi connectivity index (χ4v) is 4.18. The summed E-state index contributed by atoms with van der Waals surface area (Å²) >= 11 is 0. The van der Waals surface area contributed by atoms with Gasteiger partial charge in [-0.2, -0.15) is 4.99 Å². The summed E-state index contributed by atoms with van der Waals surface area (Å²) in [7, 11) is 3.92. The van der Waals surface area contributed by atoms with Crippen LogP contribution in [0.4, 0.5) is 23.0 Å². The fourth-order valence-electron chi connectivity index (χ4n) is 4.18. The van der Waals surface area contributed by atoms with Crippen molar-refractivity contribution < 1.29 is 0 Å². The molecule has 9 heteroatoms. The van der Waals surface area contributed by atoms with Crippen LogP contribution in [0.15, 0.2) is 40.3 Å². The third-order valence-electron chi connectivity index (χ3n) is 5.53. The highest BCUT2D eigenvalue weighted by Crippen LogP contribution is 2.39. The van der Waals surface area contributed by atoms with Crippen LogP contribution in [0.3, 0.4) is 0 Å². The van der Waals surface area contributed by atoms with E-state index >= 15 is 0 Å². The van der Waals surface area contributed by atoms with Crippen LogP contribution >= 0.6 is 0 Å². The highest BCUT2D eigenvalue weighted by Gasteiger charge is 2.42. The smallest absolute Gasteiger partial charge is 0.220 e. The number of nitrogens with one attached hydrogen (secondary N) is 1. The van der Waals surface area contributed by atoms with Gasteiger partial charge in [-0.3, -0.25) is 4.90 Å². The summed E-state index contributed by atoms with van der Waals surface area (Å²) in [5, 5.41) is 3.35. The number of aliphatic imine (C=N–C) groups is 2. The molecule has 1 aliphatic heterocycles. The minimum atomic E-state index is -0.437. The number of aromatic nitrogens is 2. The van der Waals surface area contributed by atoms with Gasteiger partial charge in [0.2, 0.25) is 11.9 Å². The standard InChI is InChI=1S/C21H29N9/c1-14-24-17(13-18(25-14)29(2)3)26-15-7-9-16(10-8-15)30-20(23)27-19(22)28-21(30)11-5-4-6-12-21/h7-10,13H,4-6,11-12H2,1-3H3,(H,24,25,26)(H4,22,23,27,28). The first-order valence-corrected chi connectivity index (χ1v) is 10.3. The van der Waals surface area contributed by atoms with Crippen molar-refractivity contribution in [1.29, 1.82) is 0 Å². The van der Waals surface area contributed by atoms with E-state index in [9.17, 15) is 0 Å². The quantitative estimate of drug-likeness (QED) is 0.712. The van der Waals surface area contributed by atoms with E-state index in [0.717, 1.165) is 48.7 Å². The summed E-state index contributed by atoms with van der Waals surface area (Å²) in [6, 6.07) is 9.99. The van der Waals surface area contributed by atoms with Crippen molar-refractivity contribution in [3.63, 3.8) is 0 Å². The van der Waals surface area contributed by atoms with Crippen LogP contribution in [0.1, 0.15) is 37.9 Å². The second-order valence-electron chi connectivity index (χ2n) is 8.04. The maximum Gasteiger partial charge on any atom is 0.220 e. The van der Waals surface area contributed by atoms with Gasteiger partial charge in [0.15, 0.2) is 0 Å². The second-order valence-corrected chi connectivity index (χ2v) is 8.04. The lowest BCUT2D eigenvalue weighted by atomic mass is 9.87. The summed E-state index contributed by atoms with van der Waals surface area (Å²) in [6.07, 6.45) is 5.23. The number of hydrogen-bond acceptors (Lipinski definition) is 9. The minimum Gasteiger partial charge on any atom is -0.369 e. The first-order chi connectivity index (χ1) is 14.4. The molecule has 5 N–H and O–H groups in total.